The average Bonchev–Trinajstić information content (AvgIpc) is 2.96. The summed E-state index contributed by atoms with van der Waals surface area (Å²) in [7, 11) is 2.43. The lowest BCUT2D eigenvalue weighted by atomic mass is 9.81. The second kappa shape index (κ2) is 11.3. The van der Waals surface area contributed by atoms with E-state index in [0.29, 0.717) is 37.4 Å². The van der Waals surface area contributed by atoms with E-state index in [1.165, 1.54) is 19.1 Å². The van der Waals surface area contributed by atoms with Crippen LogP contribution in [0.2, 0.25) is 0 Å². The number of rotatable bonds is 5. The largest absolute Gasteiger partial charge is 0.466 e. The molecule has 0 bridgehead atoms. The summed E-state index contributed by atoms with van der Waals surface area (Å²) in [5.74, 6) is -2.42. The molecule has 2 aromatic carbocycles. The summed E-state index contributed by atoms with van der Waals surface area (Å²) in [6.45, 7) is 6.12. The monoisotopic (exact) mass is 529 g/mol. The highest BCUT2D eigenvalue weighted by molar-refractivity contribution is 6.06. The number of nitriles is 1. The van der Waals surface area contributed by atoms with E-state index in [4.69, 9.17) is 15.2 Å². The summed E-state index contributed by atoms with van der Waals surface area (Å²) in [5, 5.41) is 10.2. The van der Waals surface area contributed by atoms with E-state index in [2.05, 4.69) is 11.0 Å². The van der Waals surface area contributed by atoms with Crippen molar-refractivity contribution in [2.24, 2.45) is 5.73 Å². The van der Waals surface area contributed by atoms with Crippen LogP contribution in [0.1, 0.15) is 24.0 Å². The molecule has 202 valence electrons. The smallest absolute Gasteiger partial charge is 0.355 e. The zero-order chi connectivity index (χ0) is 28.3. The number of hydrogen-bond donors (Lipinski definition) is 1. The molecular formula is C29H31N5O5. The number of allylic oxidation sites excluding steroid dienone is 1. The minimum Gasteiger partial charge on any atom is -0.466 e. The van der Waals surface area contributed by atoms with Crippen LogP contribution in [0.3, 0.4) is 0 Å². The minimum atomic E-state index is -0.924. The number of amides is 1. The predicted molar refractivity (Wildman–Crippen MR) is 145 cm³/mol. The van der Waals surface area contributed by atoms with Gasteiger partial charge in [0.2, 0.25) is 5.91 Å². The number of nitrogens with two attached hydrogens (primary N) is 1. The van der Waals surface area contributed by atoms with E-state index in [1.54, 1.807) is 37.3 Å². The highest BCUT2D eigenvalue weighted by Gasteiger charge is 2.43. The quantitative estimate of drug-likeness (QED) is 0.581. The van der Waals surface area contributed by atoms with E-state index in [-0.39, 0.29) is 28.6 Å². The van der Waals surface area contributed by atoms with Gasteiger partial charge in [0.15, 0.2) is 0 Å². The molecule has 1 unspecified atom stereocenters. The first-order valence-electron chi connectivity index (χ1n) is 12.5. The predicted octanol–water partition coefficient (Wildman–Crippen LogP) is 2.56. The number of nitrogens with zero attached hydrogens (tertiary/aromatic N) is 4. The summed E-state index contributed by atoms with van der Waals surface area (Å²) in [4.78, 5) is 43.6. The maximum atomic E-state index is 13.3. The van der Waals surface area contributed by atoms with E-state index in [0.717, 1.165) is 11.3 Å². The van der Waals surface area contributed by atoms with Gasteiger partial charge in [-0.1, -0.05) is 30.3 Å². The average molecular weight is 530 g/mol. The third-order valence-corrected chi connectivity index (χ3v) is 7.11. The standard InChI is InChI=1S/C29H31N5O5/c1-18-16-21(10-11-23(18)33-14-12-32(13-15-33)19(2)35)34-26(29(37)39-4)25(28(36)38-3)24(22(17-30)27(34)31)20-8-6-5-7-9-20/h5-11,16,24H,12-15,31H2,1-4H3. The first-order chi connectivity index (χ1) is 18.7. The maximum absolute atomic E-state index is 13.3. The lowest BCUT2D eigenvalue weighted by Gasteiger charge is -2.38. The van der Waals surface area contributed by atoms with Crippen molar-refractivity contribution >= 4 is 29.2 Å². The Bertz CT molecular complexity index is 1400. The fourth-order valence-corrected chi connectivity index (χ4v) is 5.18. The Labute approximate surface area is 227 Å². The molecule has 1 amide bonds. The number of carbonyl (C=O) groups excluding carboxylic acids is 3. The molecule has 0 aliphatic carbocycles. The van der Waals surface area contributed by atoms with Crippen molar-refractivity contribution in [3.8, 4) is 6.07 Å². The van der Waals surface area contributed by atoms with Crippen molar-refractivity contribution in [2.45, 2.75) is 19.8 Å². The van der Waals surface area contributed by atoms with Gasteiger partial charge in [0, 0.05) is 44.5 Å². The Morgan fingerprint density at radius 2 is 1.62 bits per heavy atom. The lowest BCUT2D eigenvalue weighted by molar-refractivity contribution is -0.139. The maximum Gasteiger partial charge on any atom is 0.355 e. The minimum absolute atomic E-state index is 0.0154. The van der Waals surface area contributed by atoms with Gasteiger partial charge in [-0.15, -0.1) is 0 Å². The number of aryl methyl sites for hydroxylation is 1. The first-order valence-corrected chi connectivity index (χ1v) is 12.5. The van der Waals surface area contributed by atoms with Crippen LogP contribution >= 0.6 is 0 Å². The summed E-state index contributed by atoms with van der Waals surface area (Å²) in [5.41, 5.74) is 9.51. The van der Waals surface area contributed by atoms with Crippen molar-refractivity contribution in [1.82, 2.24) is 4.90 Å². The van der Waals surface area contributed by atoms with E-state index >= 15 is 0 Å². The molecule has 1 atom stereocenters. The van der Waals surface area contributed by atoms with Crippen LogP contribution in [0, 0.1) is 18.3 Å². The van der Waals surface area contributed by atoms with Crippen LogP contribution in [-0.4, -0.2) is 63.1 Å². The number of piperazine rings is 1. The van der Waals surface area contributed by atoms with Crippen LogP contribution < -0.4 is 15.5 Å². The number of carbonyl (C=O) groups is 3. The SMILES string of the molecule is COC(=O)C1=C(C(=O)OC)N(c2ccc(N3CCN(C(C)=O)CC3)c(C)c2)C(N)=C(C#N)C1c1ccccc1. The Morgan fingerprint density at radius 1 is 0.974 bits per heavy atom. The number of anilines is 2. The Hall–Kier alpha value is -4.78. The van der Waals surface area contributed by atoms with Crippen LogP contribution in [0.15, 0.2) is 71.2 Å². The van der Waals surface area contributed by atoms with Gasteiger partial charge in [-0.3, -0.25) is 9.69 Å². The summed E-state index contributed by atoms with van der Waals surface area (Å²) >= 11 is 0. The Morgan fingerprint density at radius 3 is 2.15 bits per heavy atom. The van der Waals surface area contributed by atoms with Crippen LogP contribution in [-0.2, 0) is 23.9 Å². The molecule has 0 spiro atoms. The molecule has 0 aromatic heterocycles. The van der Waals surface area contributed by atoms with Gasteiger partial charge in [0.25, 0.3) is 0 Å². The van der Waals surface area contributed by atoms with Crippen molar-refractivity contribution in [2.75, 3.05) is 50.2 Å². The van der Waals surface area contributed by atoms with Crippen molar-refractivity contribution in [3.63, 3.8) is 0 Å². The summed E-state index contributed by atoms with van der Waals surface area (Å²) in [6, 6.07) is 16.6. The molecular weight excluding hydrogens is 498 g/mol. The Balaban J connectivity index is 1.85. The topological polar surface area (TPSA) is 129 Å². The Kier molecular flexibility index (Phi) is 7.91. The highest BCUT2D eigenvalue weighted by atomic mass is 16.5. The molecule has 2 heterocycles. The number of esters is 2. The molecule has 0 radical (unpaired) electrons. The number of ether oxygens (including phenoxy) is 2. The third-order valence-electron chi connectivity index (χ3n) is 7.11. The molecule has 0 saturated carbocycles. The molecule has 2 N–H and O–H groups in total. The number of benzene rings is 2. The second-order valence-corrected chi connectivity index (χ2v) is 9.30. The van der Waals surface area contributed by atoms with Gasteiger partial charge in [0.05, 0.1) is 37.4 Å². The number of methoxy groups -OCH3 is 2. The zero-order valence-corrected chi connectivity index (χ0v) is 22.4. The molecule has 39 heavy (non-hydrogen) atoms. The van der Waals surface area contributed by atoms with Gasteiger partial charge < -0.3 is 25.0 Å². The van der Waals surface area contributed by atoms with Crippen molar-refractivity contribution < 1.29 is 23.9 Å². The fraction of sp³-hybridized carbons (Fsp3) is 0.310. The van der Waals surface area contributed by atoms with Crippen LogP contribution in [0.25, 0.3) is 0 Å². The van der Waals surface area contributed by atoms with Gasteiger partial charge in [-0.05, 0) is 36.2 Å². The van der Waals surface area contributed by atoms with Crippen LogP contribution in [0.4, 0.5) is 11.4 Å². The number of hydrogen-bond acceptors (Lipinski definition) is 9. The van der Waals surface area contributed by atoms with Gasteiger partial charge in [0.1, 0.15) is 11.5 Å². The van der Waals surface area contributed by atoms with Crippen molar-refractivity contribution in [3.05, 3.63) is 82.3 Å². The molecule has 4 rings (SSSR count). The summed E-state index contributed by atoms with van der Waals surface area (Å²) in [6.07, 6.45) is 0. The molecule has 10 heteroatoms. The second-order valence-electron chi connectivity index (χ2n) is 9.30. The molecule has 10 nitrogen and oxygen atoms in total. The van der Waals surface area contributed by atoms with Gasteiger partial charge in [-0.2, -0.15) is 5.26 Å². The molecule has 1 fully saturated rings. The third kappa shape index (κ3) is 5.03. The molecule has 2 aliphatic rings. The lowest BCUT2D eigenvalue weighted by Crippen LogP contribution is -2.48. The van der Waals surface area contributed by atoms with Crippen LogP contribution in [0.5, 0.6) is 0 Å². The fourth-order valence-electron chi connectivity index (χ4n) is 5.18. The van der Waals surface area contributed by atoms with E-state index < -0.39 is 17.9 Å². The highest BCUT2D eigenvalue weighted by Crippen LogP contribution is 2.43. The zero-order valence-electron chi connectivity index (χ0n) is 22.4. The van der Waals surface area contributed by atoms with Crippen molar-refractivity contribution in [1.29, 1.82) is 5.26 Å². The van der Waals surface area contributed by atoms with Gasteiger partial charge in [-0.25, -0.2) is 9.59 Å². The van der Waals surface area contributed by atoms with E-state index in [9.17, 15) is 19.6 Å². The molecule has 2 aliphatic heterocycles. The van der Waals surface area contributed by atoms with Gasteiger partial charge >= 0.3 is 11.9 Å². The first kappa shape index (κ1) is 27.3. The van der Waals surface area contributed by atoms with E-state index in [1.807, 2.05) is 30.0 Å². The molecule has 2 aromatic rings. The summed E-state index contributed by atoms with van der Waals surface area (Å²) < 4.78 is 10.2. The normalized spacial score (nSPS) is 17.6. The molecule has 1 saturated heterocycles.